The highest BCUT2D eigenvalue weighted by atomic mass is 35.5. The molecule has 0 amide bonds. The SMILES string of the molecule is O=C(O)/C(=C\c1cc(Cl)ccc1[N+](=O)[O-])c1cc(C(F)(F)F)cc(C(F)(F)F)c1. The van der Waals surface area contributed by atoms with Gasteiger partial charge in [0.1, 0.15) is 0 Å². The number of hydrogen-bond donors (Lipinski definition) is 1. The Morgan fingerprint density at radius 1 is 1.00 bits per heavy atom. The number of carboxylic acids is 1. The van der Waals surface area contributed by atoms with Gasteiger partial charge >= 0.3 is 18.3 Å². The lowest BCUT2D eigenvalue weighted by molar-refractivity contribution is -0.385. The lowest BCUT2D eigenvalue weighted by Gasteiger charge is -2.14. The fourth-order valence-corrected chi connectivity index (χ4v) is 2.52. The number of carboxylic acid groups (broad SMARTS) is 1. The number of nitro benzene ring substituents is 1. The highest BCUT2D eigenvalue weighted by Gasteiger charge is 2.37. The zero-order valence-corrected chi connectivity index (χ0v) is 14.6. The molecule has 154 valence electrons. The molecule has 0 heterocycles. The molecule has 0 unspecified atom stereocenters. The summed E-state index contributed by atoms with van der Waals surface area (Å²) in [6.45, 7) is 0. The van der Waals surface area contributed by atoms with Gasteiger partial charge in [-0.1, -0.05) is 11.6 Å². The van der Waals surface area contributed by atoms with E-state index in [1.807, 2.05) is 0 Å². The second kappa shape index (κ2) is 7.74. The van der Waals surface area contributed by atoms with Gasteiger partial charge in [0.25, 0.3) is 5.69 Å². The van der Waals surface area contributed by atoms with Crippen LogP contribution in [0.4, 0.5) is 32.0 Å². The second-order valence-electron chi connectivity index (χ2n) is 5.62. The molecule has 2 rings (SSSR count). The maximum atomic E-state index is 13.0. The third-order valence-corrected chi connectivity index (χ3v) is 3.85. The standard InChI is InChI=1S/C17H8ClF6NO4/c18-12-1-2-14(25(28)29)9(5-12)6-13(15(26)27)8-3-10(16(19,20)21)7-11(4-8)17(22,23)24/h1-7H,(H,26,27)/b13-6-. The van der Waals surface area contributed by atoms with Crippen LogP contribution in [0, 0.1) is 10.1 Å². The van der Waals surface area contributed by atoms with E-state index in [0.717, 1.165) is 18.2 Å². The van der Waals surface area contributed by atoms with Gasteiger partial charge in [0.2, 0.25) is 0 Å². The summed E-state index contributed by atoms with van der Waals surface area (Å²) in [6.07, 6.45) is -9.80. The van der Waals surface area contributed by atoms with E-state index in [4.69, 9.17) is 11.6 Å². The fourth-order valence-electron chi connectivity index (χ4n) is 2.34. The molecule has 29 heavy (non-hydrogen) atoms. The smallest absolute Gasteiger partial charge is 0.416 e. The van der Waals surface area contributed by atoms with Crippen LogP contribution in [0.3, 0.4) is 0 Å². The number of halogens is 7. The Labute approximate surface area is 163 Å². The molecule has 1 N–H and O–H groups in total. The van der Waals surface area contributed by atoms with Crippen molar-refractivity contribution in [1.29, 1.82) is 0 Å². The molecule has 0 saturated heterocycles. The predicted molar refractivity (Wildman–Crippen MR) is 90.1 cm³/mol. The number of alkyl halides is 6. The minimum atomic E-state index is -5.19. The summed E-state index contributed by atoms with van der Waals surface area (Å²) < 4.78 is 78.1. The summed E-state index contributed by atoms with van der Waals surface area (Å²) in [5, 5.41) is 20.4. The van der Waals surface area contributed by atoms with Crippen LogP contribution in [0.1, 0.15) is 22.3 Å². The number of aliphatic carboxylic acids is 1. The van der Waals surface area contributed by atoms with Crippen molar-refractivity contribution < 1.29 is 41.2 Å². The van der Waals surface area contributed by atoms with Gasteiger partial charge in [-0.2, -0.15) is 26.3 Å². The summed E-state index contributed by atoms with van der Waals surface area (Å²) in [6, 6.07) is 3.26. The molecule has 5 nitrogen and oxygen atoms in total. The Kier molecular flexibility index (Phi) is 5.93. The molecule has 0 aliphatic heterocycles. The van der Waals surface area contributed by atoms with Crippen LogP contribution in [0.15, 0.2) is 36.4 Å². The molecule has 0 bridgehead atoms. The molecular weight excluding hydrogens is 432 g/mol. The van der Waals surface area contributed by atoms with E-state index in [9.17, 15) is 46.4 Å². The molecule has 0 fully saturated rings. The summed E-state index contributed by atoms with van der Waals surface area (Å²) in [5.41, 5.74) is -6.46. The minimum Gasteiger partial charge on any atom is -0.478 e. The second-order valence-corrected chi connectivity index (χ2v) is 6.05. The number of nitro groups is 1. The third kappa shape index (κ3) is 5.25. The van der Waals surface area contributed by atoms with Crippen LogP contribution in [0.2, 0.25) is 5.02 Å². The molecule has 0 aliphatic rings. The van der Waals surface area contributed by atoms with Crippen molar-refractivity contribution in [2.45, 2.75) is 12.4 Å². The molecule has 0 atom stereocenters. The normalized spacial score (nSPS) is 12.7. The quantitative estimate of drug-likeness (QED) is 0.211. The molecule has 0 aromatic heterocycles. The Morgan fingerprint density at radius 3 is 1.93 bits per heavy atom. The van der Waals surface area contributed by atoms with E-state index in [1.54, 1.807) is 0 Å². The number of benzene rings is 2. The van der Waals surface area contributed by atoms with Crippen LogP contribution < -0.4 is 0 Å². The van der Waals surface area contributed by atoms with E-state index < -0.39 is 56.8 Å². The first-order chi connectivity index (χ1) is 13.2. The van der Waals surface area contributed by atoms with Gasteiger partial charge in [0, 0.05) is 11.1 Å². The Bertz CT molecular complexity index is 982. The van der Waals surface area contributed by atoms with Gasteiger partial charge in [-0.05, 0) is 42.0 Å². The van der Waals surface area contributed by atoms with Crippen molar-refractivity contribution in [3.05, 3.63) is 73.8 Å². The maximum Gasteiger partial charge on any atom is 0.416 e. The summed E-state index contributed by atoms with van der Waals surface area (Å²) in [5.74, 6) is -1.90. The average molecular weight is 440 g/mol. The van der Waals surface area contributed by atoms with Crippen molar-refractivity contribution in [3.63, 3.8) is 0 Å². The predicted octanol–water partition coefficient (Wildman–Crippen LogP) is 5.91. The molecule has 2 aromatic rings. The van der Waals surface area contributed by atoms with Crippen LogP contribution in [-0.4, -0.2) is 16.0 Å². The zero-order valence-electron chi connectivity index (χ0n) is 13.8. The molecule has 0 radical (unpaired) electrons. The Balaban J connectivity index is 2.81. The van der Waals surface area contributed by atoms with Crippen molar-refractivity contribution in [2.24, 2.45) is 0 Å². The van der Waals surface area contributed by atoms with E-state index in [-0.39, 0.29) is 23.2 Å². The largest absolute Gasteiger partial charge is 0.478 e. The first-order valence-electron chi connectivity index (χ1n) is 7.39. The van der Waals surface area contributed by atoms with E-state index in [1.165, 1.54) is 0 Å². The third-order valence-electron chi connectivity index (χ3n) is 3.62. The monoisotopic (exact) mass is 439 g/mol. The number of carbonyl (C=O) groups is 1. The van der Waals surface area contributed by atoms with Crippen LogP contribution >= 0.6 is 11.6 Å². The highest BCUT2D eigenvalue weighted by molar-refractivity contribution is 6.31. The number of rotatable bonds is 4. The lowest BCUT2D eigenvalue weighted by Crippen LogP contribution is -2.12. The van der Waals surface area contributed by atoms with E-state index in [0.29, 0.717) is 6.08 Å². The van der Waals surface area contributed by atoms with Crippen molar-refractivity contribution in [2.75, 3.05) is 0 Å². The van der Waals surface area contributed by atoms with Gasteiger partial charge in [0.05, 0.1) is 27.2 Å². The first kappa shape index (κ1) is 22.2. The topological polar surface area (TPSA) is 80.4 Å². The van der Waals surface area contributed by atoms with Gasteiger partial charge in [0.15, 0.2) is 0 Å². The van der Waals surface area contributed by atoms with Gasteiger partial charge in [-0.3, -0.25) is 10.1 Å². The molecule has 0 saturated carbocycles. The van der Waals surface area contributed by atoms with E-state index in [2.05, 4.69) is 0 Å². The summed E-state index contributed by atoms with van der Waals surface area (Å²) >= 11 is 5.70. The summed E-state index contributed by atoms with van der Waals surface area (Å²) in [7, 11) is 0. The Morgan fingerprint density at radius 2 is 1.52 bits per heavy atom. The van der Waals surface area contributed by atoms with Crippen LogP contribution in [0.5, 0.6) is 0 Å². The van der Waals surface area contributed by atoms with Gasteiger partial charge in [-0.15, -0.1) is 0 Å². The van der Waals surface area contributed by atoms with Crippen molar-refractivity contribution in [1.82, 2.24) is 0 Å². The van der Waals surface area contributed by atoms with Gasteiger partial charge in [-0.25, -0.2) is 4.79 Å². The summed E-state index contributed by atoms with van der Waals surface area (Å²) in [4.78, 5) is 21.7. The molecule has 0 spiro atoms. The van der Waals surface area contributed by atoms with Crippen LogP contribution in [0.25, 0.3) is 11.6 Å². The molecule has 0 aliphatic carbocycles. The zero-order chi connectivity index (χ0) is 22.1. The maximum absolute atomic E-state index is 13.0. The Hall–Kier alpha value is -3.08. The molecular formula is C17H8ClF6NO4. The fraction of sp³-hybridized carbons (Fsp3) is 0.118. The number of nitrogens with zero attached hydrogens (tertiary/aromatic N) is 1. The minimum absolute atomic E-state index is 0.0633. The molecule has 12 heteroatoms. The van der Waals surface area contributed by atoms with Crippen molar-refractivity contribution >= 4 is 34.9 Å². The number of hydrogen-bond acceptors (Lipinski definition) is 3. The first-order valence-corrected chi connectivity index (χ1v) is 7.76. The van der Waals surface area contributed by atoms with E-state index >= 15 is 0 Å². The molecule has 2 aromatic carbocycles. The van der Waals surface area contributed by atoms with Crippen molar-refractivity contribution in [3.8, 4) is 0 Å². The van der Waals surface area contributed by atoms with Gasteiger partial charge < -0.3 is 5.11 Å². The lowest BCUT2D eigenvalue weighted by atomic mass is 9.97. The van der Waals surface area contributed by atoms with Crippen LogP contribution in [-0.2, 0) is 17.1 Å². The average Bonchev–Trinajstić information content (AvgIpc) is 2.57. The highest BCUT2D eigenvalue weighted by Crippen LogP contribution is 2.38.